The van der Waals surface area contributed by atoms with Gasteiger partial charge in [0.2, 0.25) is 5.91 Å². The zero-order valence-electron chi connectivity index (χ0n) is 22.9. The summed E-state index contributed by atoms with van der Waals surface area (Å²) in [5.41, 5.74) is -1.02. The van der Waals surface area contributed by atoms with Gasteiger partial charge in [-0.25, -0.2) is 0 Å². The normalized spacial score (nSPS) is 11.5. The number of carbonyl (C=O) groups excluding carboxylic acids is 1. The second kappa shape index (κ2) is 11.9. The van der Waals surface area contributed by atoms with Crippen molar-refractivity contribution in [3.8, 4) is 28.4 Å². The quantitative estimate of drug-likeness (QED) is 0.245. The Labute approximate surface area is 233 Å². The van der Waals surface area contributed by atoms with Gasteiger partial charge in [0.25, 0.3) is 5.56 Å². The third kappa shape index (κ3) is 5.99. The SMILES string of the molecule is CNC(=O)CCCNc1ccc(C(F)(F)F)c(-n2nc(-c3cc(OC)cc(OC)c3)c3cc(C)n(CO)c3c2=O)c1. The third-order valence-corrected chi connectivity index (χ3v) is 6.64. The third-order valence-electron chi connectivity index (χ3n) is 6.64. The maximum atomic E-state index is 14.2. The van der Waals surface area contributed by atoms with E-state index in [1.807, 2.05) is 0 Å². The van der Waals surface area contributed by atoms with Gasteiger partial charge in [-0.1, -0.05) is 0 Å². The van der Waals surface area contributed by atoms with Gasteiger partial charge in [-0.2, -0.15) is 23.0 Å². The standard InChI is InChI=1S/C28H30F3N5O5/c1-16-10-21-25(17-11-19(40-3)14-20(12-17)41-4)34-36(27(39)26(21)35(16)15-37)23-13-18(7-8-22(23)28(29,30)31)33-9-5-6-24(38)32-2/h7-8,10-14,33,37H,5-6,9,15H2,1-4H3,(H,32,38). The molecule has 0 unspecified atom stereocenters. The van der Waals surface area contributed by atoms with E-state index in [4.69, 9.17) is 9.47 Å². The summed E-state index contributed by atoms with van der Waals surface area (Å²) < 4.78 is 55.4. The number of amides is 1. The highest BCUT2D eigenvalue weighted by molar-refractivity contribution is 5.94. The number of nitrogens with zero attached hydrogens (tertiary/aromatic N) is 3. The average Bonchev–Trinajstić information content (AvgIpc) is 3.30. The number of rotatable bonds is 10. The number of benzene rings is 2. The van der Waals surface area contributed by atoms with E-state index in [0.717, 1.165) is 6.07 Å². The van der Waals surface area contributed by atoms with Crippen LogP contribution in [-0.4, -0.2) is 53.2 Å². The first kappa shape index (κ1) is 29.5. The van der Waals surface area contributed by atoms with E-state index in [1.54, 1.807) is 31.2 Å². The molecule has 2 aromatic carbocycles. The van der Waals surface area contributed by atoms with E-state index in [-0.39, 0.29) is 23.5 Å². The number of aliphatic hydroxyl groups excluding tert-OH is 1. The fourth-order valence-electron chi connectivity index (χ4n) is 4.55. The molecule has 0 fully saturated rings. The Morgan fingerprint density at radius 2 is 1.76 bits per heavy atom. The number of alkyl halides is 3. The van der Waals surface area contributed by atoms with Crippen LogP contribution < -0.4 is 25.7 Å². The number of hydrogen-bond donors (Lipinski definition) is 3. The molecule has 10 nitrogen and oxygen atoms in total. The van der Waals surface area contributed by atoms with Crippen LogP contribution in [0.25, 0.3) is 27.8 Å². The Morgan fingerprint density at radius 3 is 2.34 bits per heavy atom. The highest BCUT2D eigenvalue weighted by atomic mass is 19.4. The number of fused-ring (bicyclic) bond motifs is 1. The van der Waals surface area contributed by atoms with Crippen molar-refractivity contribution in [3.05, 3.63) is 64.1 Å². The number of aliphatic hydroxyl groups is 1. The Bertz CT molecular complexity index is 1620. The van der Waals surface area contributed by atoms with Crippen molar-refractivity contribution in [2.24, 2.45) is 0 Å². The minimum absolute atomic E-state index is 0.0196. The number of halogens is 3. The molecule has 0 aliphatic heterocycles. The van der Waals surface area contributed by atoms with Crippen LogP contribution in [0.3, 0.4) is 0 Å². The summed E-state index contributed by atoms with van der Waals surface area (Å²) in [7, 11) is 4.43. The topological polar surface area (TPSA) is 120 Å². The molecule has 0 aliphatic carbocycles. The Kier molecular flexibility index (Phi) is 8.57. The predicted octanol–water partition coefficient (Wildman–Crippen LogP) is 4.09. The molecule has 0 radical (unpaired) electrons. The number of aromatic nitrogens is 3. The van der Waals surface area contributed by atoms with E-state index in [9.17, 15) is 27.9 Å². The lowest BCUT2D eigenvalue weighted by molar-refractivity contribution is -0.137. The maximum Gasteiger partial charge on any atom is 0.418 e. The number of nitrogens with one attached hydrogen (secondary N) is 2. The van der Waals surface area contributed by atoms with Crippen LogP contribution in [-0.2, 0) is 17.7 Å². The van der Waals surface area contributed by atoms with Gasteiger partial charge in [0.1, 0.15) is 29.4 Å². The van der Waals surface area contributed by atoms with Gasteiger partial charge in [0.05, 0.1) is 25.5 Å². The van der Waals surface area contributed by atoms with Crippen molar-refractivity contribution in [2.45, 2.75) is 32.7 Å². The van der Waals surface area contributed by atoms with E-state index >= 15 is 0 Å². The van der Waals surface area contributed by atoms with Crippen molar-refractivity contribution in [2.75, 3.05) is 33.1 Å². The van der Waals surface area contributed by atoms with Crippen molar-refractivity contribution in [1.82, 2.24) is 19.7 Å². The van der Waals surface area contributed by atoms with Crippen LogP contribution in [0.2, 0.25) is 0 Å². The first-order valence-electron chi connectivity index (χ1n) is 12.7. The van der Waals surface area contributed by atoms with E-state index < -0.39 is 29.7 Å². The zero-order valence-corrected chi connectivity index (χ0v) is 22.9. The molecule has 2 aromatic heterocycles. The van der Waals surface area contributed by atoms with Gasteiger partial charge < -0.3 is 29.8 Å². The van der Waals surface area contributed by atoms with E-state index in [2.05, 4.69) is 15.7 Å². The molecule has 218 valence electrons. The summed E-state index contributed by atoms with van der Waals surface area (Å²) in [6.07, 6.45) is -4.14. The van der Waals surface area contributed by atoms with Gasteiger partial charge >= 0.3 is 6.18 Å². The van der Waals surface area contributed by atoms with E-state index in [1.165, 1.54) is 38.0 Å². The lowest BCUT2D eigenvalue weighted by Gasteiger charge is -2.18. The molecule has 0 saturated carbocycles. The largest absolute Gasteiger partial charge is 0.497 e. The number of aryl methyl sites for hydroxylation is 1. The minimum Gasteiger partial charge on any atom is -0.497 e. The fourth-order valence-corrected chi connectivity index (χ4v) is 4.55. The Hall–Kier alpha value is -4.52. The van der Waals surface area contributed by atoms with E-state index in [0.29, 0.717) is 51.5 Å². The zero-order chi connectivity index (χ0) is 29.9. The number of hydrogen-bond acceptors (Lipinski definition) is 7. The summed E-state index contributed by atoms with van der Waals surface area (Å²) in [6, 6.07) is 9.84. The van der Waals surface area contributed by atoms with Gasteiger partial charge in [-0.3, -0.25) is 9.59 Å². The van der Waals surface area contributed by atoms with Crippen LogP contribution in [0.15, 0.2) is 47.3 Å². The van der Waals surface area contributed by atoms with Crippen molar-refractivity contribution in [3.63, 3.8) is 0 Å². The van der Waals surface area contributed by atoms with Gasteiger partial charge in [-0.15, -0.1) is 0 Å². The second-order valence-corrected chi connectivity index (χ2v) is 9.22. The van der Waals surface area contributed by atoms with Crippen LogP contribution in [0.4, 0.5) is 18.9 Å². The molecule has 4 aromatic rings. The number of carbonyl (C=O) groups is 1. The Balaban J connectivity index is 1.97. The van der Waals surface area contributed by atoms with Crippen LogP contribution in [0.1, 0.15) is 24.1 Å². The summed E-state index contributed by atoms with van der Waals surface area (Å²) >= 11 is 0. The van der Waals surface area contributed by atoms with Crippen LogP contribution in [0, 0.1) is 6.92 Å². The molecule has 2 heterocycles. The molecule has 0 saturated heterocycles. The molecular formula is C28H30F3N5O5. The molecule has 0 aliphatic rings. The lowest BCUT2D eigenvalue weighted by Crippen LogP contribution is -2.26. The van der Waals surface area contributed by atoms with Crippen LogP contribution in [0.5, 0.6) is 11.5 Å². The van der Waals surface area contributed by atoms with Crippen molar-refractivity contribution >= 4 is 22.5 Å². The minimum atomic E-state index is -4.81. The molecule has 0 bridgehead atoms. The molecule has 4 rings (SSSR count). The maximum absolute atomic E-state index is 14.2. The highest BCUT2D eigenvalue weighted by Crippen LogP contribution is 2.37. The monoisotopic (exact) mass is 573 g/mol. The molecule has 13 heteroatoms. The molecule has 1 amide bonds. The number of ether oxygens (including phenoxy) is 2. The van der Waals surface area contributed by atoms with Gasteiger partial charge in [-0.05, 0) is 49.7 Å². The molecule has 3 N–H and O–H groups in total. The first-order chi connectivity index (χ1) is 19.5. The first-order valence-corrected chi connectivity index (χ1v) is 12.7. The summed E-state index contributed by atoms with van der Waals surface area (Å²) in [5, 5.41) is 20.4. The van der Waals surface area contributed by atoms with Crippen LogP contribution >= 0.6 is 0 Å². The molecule has 0 atom stereocenters. The predicted molar refractivity (Wildman–Crippen MR) is 148 cm³/mol. The summed E-state index contributed by atoms with van der Waals surface area (Å²) in [6.45, 7) is 1.40. The molecule has 41 heavy (non-hydrogen) atoms. The van der Waals surface area contributed by atoms with Crippen molar-refractivity contribution in [1.29, 1.82) is 0 Å². The van der Waals surface area contributed by atoms with Gasteiger partial charge in [0, 0.05) is 48.4 Å². The molecular weight excluding hydrogens is 543 g/mol. The lowest BCUT2D eigenvalue weighted by atomic mass is 10.1. The highest BCUT2D eigenvalue weighted by Gasteiger charge is 2.35. The summed E-state index contributed by atoms with van der Waals surface area (Å²) in [4.78, 5) is 25.3. The smallest absolute Gasteiger partial charge is 0.418 e. The molecule has 0 spiro atoms. The summed E-state index contributed by atoms with van der Waals surface area (Å²) in [5.74, 6) is 0.654. The number of anilines is 1. The Morgan fingerprint density at radius 1 is 1.07 bits per heavy atom. The number of methoxy groups -OCH3 is 2. The fraction of sp³-hybridized carbons (Fsp3) is 0.321. The van der Waals surface area contributed by atoms with Crippen molar-refractivity contribution < 1.29 is 32.5 Å². The average molecular weight is 574 g/mol. The van der Waals surface area contributed by atoms with Gasteiger partial charge in [0.15, 0.2) is 0 Å². The second-order valence-electron chi connectivity index (χ2n) is 9.22.